The van der Waals surface area contributed by atoms with Gasteiger partial charge in [-0.2, -0.15) is 5.10 Å². The number of carbonyl (C=O) groups excluding carboxylic acids is 2. The maximum Gasteiger partial charge on any atom is 0.263 e. The lowest BCUT2D eigenvalue weighted by Gasteiger charge is -2.03. The quantitative estimate of drug-likeness (QED) is 0.329. The van der Waals surface area contributed by atoms with Crippen LogP contribution in [0.15, 0.2) is 64.5 Å². The van der Waals surface area contributed by atoms with E-state index < -0.39 is 11.8 Å². The number of benzene rings is 2. The van der Waals surface area contributed by atoms with Crippen LogP contribution in [0.1, 0.15) is 15.2 Å². The van der Waals surface area contributed by atoms with Gasteiger partial charge in [0.25, 0.3) is 17.4 Å². The van der Waals surface area contributed by atoms with Gasteiger partial charge in [0.05, 0.1) is 23.3 Å². The highest BCUT2D eigenvalue weighted by Crippen LogP contribution is 2.34. The van der Waals surface area contributed by atoms with E-state index in [4.69, 9.17) is 11.6 Å². The predicted molar refractivity (Wildman–Crippen MR) is 119 cm³/mol. The van der Waals surface area contributed by atoms with Crippen molar-refractivity contribution in [3.63, 3.8) is 0 Å². The molecule has 7 nitrogen and oxygen atoms in total. The van der Waals surface area contributed by atoms with E-state index in [0.29, 0.717) is 21.0 Å². The second-order valence-corrected chi connectivity index (χ2v) is 7.79. The zero-order valence-electron chi connectivity index (χ0n) is 15.4. The number of hydrogen-bond acceptors (Lipinski definition) is 5. The van der Waals surface area contributed by atoms with E-state index in [9.17, 15) is 14.4 Å². The number of para-hydroxylation sites is 1. The van der Waals surface area contributed by atoms with Crippen molar-refractivity contribution in [2.75, 3.05) is 6.54 Å². The summed E-state index contributed by atoms with van der Waals surface area (Å²) in [4.78, 5) is 39.5. The van der Waals surface area contributed by atoms with E-state index in [2.05, 4.69) is 20.8 Å². The van der Waals surface area contributed by atoms with Crippen LogP contribution < -0.4 is 16.3 Å². The van der Waals surface area contributed by atoms with Gasteiger partial charge in [0.1, 0.15) is 4.88 Å². The van der Waals surface area contributed by atoms with Crippen LogP contribution in [0.3, 0.4) is 0 Å². The summed E-state index contributed by atoms with van der Waals surface area (Å²) < 4.78 is 0.891. The highest BCUT2D eigenvalue weighted by molar-refractivity contribution is 7.21. The molecule has 3 N–H and O–H groups in total. The second-order valence-electron chi connectivity index (χ2n) is 6.36. The van der Waals surface area contributed by atoms with E-state index >= 15 is 0 Å². The molecule has 0 aliphatic heterocycles. The Hall–Kier alpha value is -3.49. The monoisotopic (exact) mass is 438 g/mol. The second kappa shape index (κ2) is 8.48. The van der Waals surface area contributed by atoms with E-state index in [0.717, 1.165) is 15.5 Å². The van der Waals surface area contributed by atoms with Crippen molar-refractivity contribution in [1.29, 1.82) is 0 Å². The Kier molecular flexibility index (Phi) is 5.60. The van der Waals surface area contributed by atoms with Crippen LogP contribution in [0.2, 0.25) is 5.02 Å². The van der Waals surface area contributed by atoms with Gasteiger partial charge >= 0.3 is 0 Å². The van der Waals surface area contributed by atoms with Crippen LogP contribution in [0.4, 0.5) is 0 Å². The Balaban J connectivity index is 1.37. The summed E-state index contributed by atoms with van der Waals surface area (Å²) in [6.07, 6.45) is 1.26. The van der Waals surface area contributed by atoms with Crippen LogP contribution in [0, 0.1) is 0 Å². The minimum atomic E-state index is -0.533. The van der Waals surface area contributed by atoms with Gasteiger partial charge in [-0.05, 0) is 23.6 Å². The minimum absolute atomic E-state index is 0.283. The van der Waals surface area contributed by atoms with Gasteiger partial charge in [-0.15, -0.1) is 11.3 Å². The molecule has 4 aromatic rings. The normalized spacial score (nSPS) is 11.2. The first-order chi connectivity index (χ1) is 14.5. The number of carbonyl (C=O) groups is 2. The molecule has 0 radical (unpaired) electrons. The highest BCUT2D eigenvalue weighted by Gasteiger charge is 2.17. The lowest BCUT2D eigenvalue weighted by molar-refractivity contribution is -0.120. The highest BCUT2D eigenvalue weighted by atomic mass is 35.5. The average molecular weight is 439 g/mol. The molecule has 2 aromatic heterocycles. The van der Waals surface area contributed by atoms with Crippen molar-refractivity contribution in [2.24, 2.45) is 5.10 Å². The summed E-state index contributed by atoms with van der Waals surface area (Å²) in [7, 11) is 0. The fraction of sp³-hybridized carbons (Fsp3) is 0.0476. The molecule has 0 aliphatic carbocycles. The molecule has 0 atom stereocenters. The fourth-order valence-corrected chi connectivity index (χ4v) is 4.31. The molecule has 0 saturated heterocycles. The summed E-state index contributed by atoms with van der Waals surface area (Å²) in [5.74, 6) is -0.972. The molecular formula is C21H15ClN4O3S. The first kappa shape index (κ1) is 19.8. The minimum Gasteiger partial charge on any atom is -0.342 e. The van der Waals surface area contributed by atoms with Gasteiger partial charge in [-0.25, -0.2) is 5.43 Å². The van der Waals surface area contributed by atoms with Crippen molar-refractivity contribution in [3.8, 4) is 0 Å². The molecule has 30 heavy (non-hydrogen) atoms. The average Bonchev–Trinajstić information content (AvgIpc) is 3.09. The molecule has 0 aliphatic rings. The number of aromatic amines is 1. The van der Waals surface area contributed by atoms with E-state index in [1.165, 1.54) is 17.6 Å². The van der Waals surface area contributed by atoms with Gasteiger partial charge in [-0.1, -0.05) is 48.0 Å². The molecule has 2 aromatic carbocycles. The van der Waals surface area contributed by atoms with Crippen molar-refractivity contribution in [1.82, 2.24) is 15.7 Å². The standard InChI is InChI=1S/C21H15ClN4O3S/c22-18-14-6-2-4-8-16(14)30-19(18)21(29)23-11-17(27)26-24-10-13-9-12-5-1-3-7-15(12)25-20(13)28/h1-10H,11H2,(H,23,29)(H,25,28)(H,26,27)/b24-10+. The number of halogens is 1. The third-order valence-corrected chi connectivity index (χ3v) is 6.00. The fourth-order valence-electron chi connectivity index (χ4n) is 2.87. The van der Waals surface area contributed by atoms with Crippen LogP contribution in [0.5, 0.6) is 0 Å². The molecule has 0 spiro atoms. The maximum atomic E-state index is 12.4. The van der Waals surface area contributed by atoms with Gasteiger partial charge in [0.15, 0.2) is 0 Å². The number of nitrogens with zero attached hydrogens (tertiary/aromatic N) is 1. The van der Waals surface area contributed by atoms with Crippen LogP contribution in [0.25, 0.3) is 21.0 Å². The number of rotatable bonds is 5. The summed E-state index contributed by atoms with van der Waals surface area (Å²) in [6.45, 7) is -0.283. The molecule has 9 heteroatoms. The Labute approximate surface area is 179 Å². The largest absolute Gasteiger partial charge is 0.342 e. The SMILES string of the molecule is O=C(CNC(=O)c1sc2ccccc2c1Cl)N/N=C/c1cc2ccccc2[nH]c1=O. The van der Waals surface area contributed by atoms with Gasteiger partial charge < -0.3 is 10.3 Å². The van der Waals surface area contributed by atoms with Crippen molar-refractivity contribution in [3.05, 3.63) is 80.4 Å². The molecule has 2 heterocycles. The number of H-pyrrole nitrogens is 1. The summed E-state index contributed by atoms with van der Waals surface area (Å²) in [5.41, 5.74) is 2.98. The number of hydrogen-bond donors (Lipinski definition) is 3. The lowest BCUT2D eigenvalue weighted by atomic mass is 10.2. The molecule has 0 saturated carbocycles. The van der Waals surface area contributed by atoms with Crippen molar-refractivity contribution < 1.29 is 9.59 Å². The Bertz CT molecular complexity index is 1360. The zero-order chi connectivity index (χ0) is 21.1. The first-order valence-corrected chi connectivity index (χ1v) is 10.1. The lowest BCUT2D eigenvalue weighted by Crippen LogP contribution is -2.34. The smallest absolute Gasteiger partial charge is 0.263 e. The molecule has 0 unspecified atom stereocenters. The third kappa shape index (κ3) is 4.10. The summed E-state index contributed by atoms with van der Waals surface area (Å²) in [6, 6.07) is 16.4. The number of fused-ring (bicyclic) bond motifs is 2. The Morgan fingerprint density at radius 1 is 1.13 bits per heavy atom. The summed E-state index contributed by atoms with van der Waals surface area (Å²) in [5, 5.41) is 8.31. The number of amides is 2. The number of nitrogens with one attached hydrogen (secondary N) is 3. The van der Waals surface area contributed by atoms with Crippen LogP contribution in [-0.4, -0.2) is 29.6 Å². The summed E-state index contributed by atoms with van der Waals surface area (Å²) >= 11 is 7.53. The Morgan fingerprint density at radius 3 is 2.73 bits per heavy atom. The van der Waals surface area contributed by atoms with Gasteiger partial charge in [-0.3, -0.25) is 14.4 Å². The third-order valence-electron chi connectivity index (χ3n) is 4.33. The first-order valence-electron chi connectivity index (χ1n) is 8.92. The predicted octanol–water partition coefficient (Wildman–Crippen LogP) is 3.28. The molecule has 0 bridgehead atoms. The van der Waals surface area contributed by atoms with Gasteiger partial charge in [0.2, 0.25) is 0 Å². The molecule has 150 valence electrons. The zero-order valence-corrected chi connectivity index (χ0v) is 17.0. The Morgan fingerprint density at radius 2 is 1.90 bits per heavy atom. The van der Waals surface area contributed by atoms with Gasteiger partial charge in [0, 0.05) is 15.6 Å². The van der Waals surface area contributed by atoms with E-state index in [1.54, 1.807) is 12.1 Å². The molecule has 4 rings (SSSR count). The van der Waals surface area contributed by atoms with E-state index in [-0.39, 0.29) is 12.1 Å². The molecule has 2 amide bonds. The number of aromatic nitrogens is 1. The molecule has 0 fully saturated rings. The number of thiophene rings is 1. The van der Waals surface area contributed by atoms with E-state index in [1.807, 2.05) is 42.5 Å². The topological polar surface area (TPSA) is 103 Å². The maximum absolute atomic E-state index is 12.4. The van der Waals surface area contributed by atoms with Crippen molar-refractivity contribution in [2.45, 2.75) is 0 Å². The van der Waals surface area contributed by atoms with Crippen molar-refractivity contribution >= 4 is 62.0 Å². The number of hydrazone groups is 1. The molecular weight excluding hydrogens is 424 g/mol. The van der Waals surface area contributed by atoms with Crippen LogP contribution >= 0.6 is 22.9 Å². The number of pyridine rings is 1. The van der Waals surface area contributed by atoms with Crippen LogP contribution in [-0.2, 0) is 4.79 Å².